The van der Waals surface area contributed by atoms with E-state index in [-0.39, 0.29) is 17.7 Å². The summed E-state index contributed by atoms with van der Waals surface area (Å²) in [5, 5.41) is 13.0. The molecule has 4 heteroatoms. The Morgan fingerprint density at radius 1 is 1.16 bits per heavy atom. The van der Waals surface area contributed by atoms with Crippen molar-refractivity contribution in [2.45, 2.75) is 44.6 Å². The van der Waals surface area contributed by atoms with Crippen molar-refractivity contribution in [3.8, 4) is 6.07 Å². The molecule has 0 amide bonds. The van der Waals surface area contributed by atoms with Gasteiger partial charge >= 0.3 is 0 Å². The van der Waals surface area contributed by atoms with Crippen LogP contribution >= 0.6 is 0 Å². The molecule has 0 aromatic carbocycles. The number of nitrogens with zero attached hydrogens (tertiary/aromatic N) is 2. The molecular weight excluding hydrogens is 238 g/mol. The molecule has 4 aliphatic carbocycles. The number of ketones is 1. The SMILES string of the molecule is N#CC1CC(C(=O)C2C3CC4CC(C3)CC2C4)=NN1. The predicted molar refractivity (Wildman–Crippen MR) is 70.1 cm³/mol. The fourth-order valence-corrected chi connectivity index (χ4v) is 5.22. The summed E-state index contributed by atoms with van der Waals surface area (Å²) >= 11 is 0. The van der Waals surface area contributed by atoms with Crippen LogP contribution in [-0.4, -0.2) is 17.5 Å². The van der Waals surface area contributed by atoms with Crippen LogP contribution in [0.25, 0.3) is 0 Å². The molecule has 1 N–H and O–H groups in total. The van der Waals surface area contributed by atoms with Crippen molar-refractivity contribution in [3.63, 3.8) is 0 Å². The Hall–Kier alpha value is -1.37. The van der Waals surface area contributed by atoms with Crippen LogP contribution in [-0.2, 0) is 4.79 Å². The van der Waals surface area contributed by atoms with Crippen LogP contribution in [0.3, 0.4) is 0 Å². The Kier molecular flexibility index (Phi) is 2.45. The minimum Gasteiger partial charge on any atom is -0.292 e. The number of hydrogen-bond acceptors (Lipinski definition) is 4. The van der Waals surface area contributed by atoms with E-state index in [9.17, 15) is 4.79 Å². The maximum atomic E-state index is 12.7. The highest BCUT2D eigenvalue weighted by Gasteiger charge is 2.51. The molecule has 4 nitrogen and oxygen atoms in total. The van der Waals surface area contributed by atoms with E-state index < -0.39 is 0 Å². The Morgan fingerprint density at radius 2 is 1.79 bits per heavy atom. The van der Waals surface area contributed by atoms with E-state index >= 15 is 0 Å². The second-order valence-electron chi connectivity index (χ2n) is 6.89. The van der Waals surface area contributed by atoms with Gasteiger partial charge in [0.25, 0.3) is 0 Å². The molecule has 4 fully saturated rings. The summed E-state index contributed by atoms with van der Waals surface area (Å²) in [7, 11) is 0. The number of carbonyl (C=O) groups excluding carboxylic acids is 1. The maximum Gasteiger partial charge on any atom is 0.182 e. The molecular formula is C15H19N3O. The molecule has 0 saturated heterocycles. The van der Waals surface area contributed by atoms with E-state index in [0.717, 1.165) is 11.8 Å². The fraction of sp³-hybridized carbons (Fsp3) is 0.800. The molecule has 4 saturated carbocycles. The van der Waals surface area contributed by atoms with Gasteiger partial charge in [-0.25, -0.2) is 0 Å². The molecule has 1 heterocycles. The fourth-order valence-electron chi connectivity index (χ4n) is 5.22. The monoisotopic (exact) mass is 257 g/mol. The zero-order valence-electron chi connectivity index (χ0n) is 11.0. The molecule has 19 heavy (non-hydrogen) atoms. The first kappa shape index (κ1) is 11.5. The molecule has 0 aromatic rings. The van der Waals surface area contributed by atoms with Crippen molar-refractivity contribution in [3.05, 3.63) is 0 Å². The molecule has 0 radical (unpaired) electrons. The van der Waals surface area contributed by atoms with Gasteiger partial charge in [-0.15, -0.1) is 0 Å². The van der Waals surface area contributed by atoms with Gasteiger partial charge in [0.15, 0.2) is 5.78 Å². The number of Topliss-reactive ketones (excluding diaryl/α,β-unsaturated/α-hetero) is 1. The molecule has 0 spiro atoms. The first-order valence-electron chi connectivity index (χ1n) is 7.50. The summed E-state index contributed by atoms with van der Waals surface area (Å²) in [4.78, 5) is 12.7. The Morgan fingerprint density at radius 3 is 2.32 bits per heavy atom. The highest BCUT2D eigenvalue weighted by atomic mass is 16.1. The molecule has 1 unspecified atom stereocenters. The number of nitrogens with one attached hydrogen (secondary N) is 1. The zero-order valence-corrected chi connectivity index (χ0v) is 11.0. The van der Waals surface area contributed by atoms with E-state index in [4.69, 9.17) is 5.26 Å². The summed E-state index contributed by atoms with van der Waals surface area (Å²) in [5.74, 6) is 3.45. The van der Waals surface area contributed by atoms with Crippen molar-refractivity contribution < 1.29 is 4.79 Å². The van der Waals surface area contributed by atoms with Gasteiger partial charge in [-0.05, 0) is 55.8 Å². The van der Waals surface area contributed by atoms with Crippen LogP contribution in [0.2, 0.25) is 0 Å². The second kappa shape index (κ2) is 4.06. The minimum absolute atomic E-state index is 0.214. The Bertz CT molecular complexity index is 462. The lowest BCUT2D eigenvalue weighted by molar-refractivity contribution is -0.129. The third kappa shape index (κ3) is 1.71. The minimum atomic E-state index is -0.296. The van der Waals surface area contributed by atoms with Crippen molar-refractivity contribution in [1.29, 1.82) is 5.26 Å². The van der Waals surface area contributed by atoms with E-state index in [2.05, 4.69) is 16.6 Å². The summed E-state index contributed by atoms with van der Waals surface area (Å²) < 4.78 is 0. The van der Waals surface area contributed by atoms with E-state index in [1.165, 1.54) is 32.1 Å². The topological polar surface area (TPSA) is 65.2 Å². The van der Waals surface area contributed by atoms with E-state index in [1.807, 2.05) is 0 Å². The first-order valence-corrected chi connectivity index (χ1v) is 7.50. The predicted octanol–water partition coefficient (Wildman–Crippen LogP) is 1.87. The zero-order chi connectivity index (χ0) is 13.0. The number of nitriles is 1. The highest BCUT2D eigenvalue weighted by molar-refractivity contribution is 6.41. The first-order chi connectivity index (χ1) is 9.24. The van der Waals surface area contributed by atoms with Gasteiger partial charge in [0.1, 0.15) is 11.8 Å². The lowest BCUT2D eigenvalue weighted by Gasteiger charge is -2.53. The average Bonchev–Trinajstić information content (AvgIpc) is 2.86. The van der Waals surface area contributed by atoms with E-state index in [1.54, 1.807) is 0 Å². The summed E-state index contributed by atoms with van der Waals surface area (Å²) in [6.07, 6.45) is 6.93. The van der Waals surface area contributed by atoms with Crippen molar-refractivity contribution >= 4 is 11.5 Å². The van der Waals surface area contributed by atoms with Gasteiger partial charge in [0, 0.05) is 12.3 Å². The van der Waals surface area contributed by atoms with Crippen LogP contribution in [0.5, 0.6) is 0 Å². The molecule has 5 aliphatic rings. The number of hydrazone groups is 1. The average molecular weight is 257 g/mol. The molecule has 4 bridgehead atoms. The highest BCUT2D eigenvalue weighted by Crippen LogP contribution is 2.56. The van der Waals surface area contributed by atoms with Crippen LogP contribution in [0.15, 0.2) is 5.10 Å². The van der Waals surface area contributed by atoms with Crippen molar-refractivity contribution in [1.82, 2.24) is 5.43 Å². The largest absolute Gasteiger partial charge is 0.292 e. The van der Waals surface area contributed by atoms with Gasteiger partial charge in [-0.2, -0.15) is 10.4 Å². The van der Waals surface area contributed by atoms with E-state index in [0.29, 0.717) is 24.0 Å². The third-order valence-corrected chi connectivity index (χ3v) is 5.72. The van der Waals surface area contributed by atoms with Crippen LogP contribution < -0.4 is 5.43 Å². The van der Waals surface area contributed by atoms with Crippen molar-refractivity contribution in [2.24, 2.45) is 34.7 Å². The molecule has 0 aromatic heterocycles. The molecule has 1 atom stereocenters. The van der Waals surface area contributed by atoms with Crippen LogP contribution in [0, 0.1) is 40.9 Å². The molecule has 100 valence electrons. The number of hydrogen-bond donors (Lipinski definition) is 1. The van der Waals surface area contributed by atoms with Gasteiger partial charge in [-0.3, -0.25) is 10.2 Å². The molecule has 5 rings (SSSR count). The van der Waals surface area contributed by atoms with Gasteiger partial charge in [0.2, 0.25) is 0 Å². The Balaban J connectivity index is 1.54. The van der Waals surface area contributed by atoms with Gasteiger partial charge in [-0.1, -0.05) is 0 Å². The lowest BCUT2D eigenvalue weighted by Crippen LogP contribution is -2.49. The smallest absolute Gasteiger partial charge is 0.182 e. The summed E-state index contributed by atoms with van der Waals surface area (Å²) in [6, 6.07) is 1.84. The third-order valence-electron chi connectivity index (χ3n) is 5.72. The van der Waals surface area contributed by atoms with Gasteiger partial charge < -0.3 is 0 Å². The number of carbonyl (C=O) groups is 1. The summed E-state index contributed by atoms with van der Waals surface area (Å²) in [5.41, 5.74) is 3.39. The maximum absolute atomic E-state index is 12.7. The quantitative estimate of drug-likeness (QED) is 0.821. The summed E-state index contributed by atoms with van der Waals surface area (Å²) in [6.45, 7) is 0. The second-order valence-corrected chi connectivity index (χ2v) is 6.89. The number of rotatable bonds is 2. The normalized spacial score (nSPS) is 46.6. The van der Waals surface area contributed by atoms with Crippen molar-refractivity contribution in [2.75, 3.05) is 0 Å². The van der Waals surface area contributed by atoms with Crippen LogP contribution in [0.4, 0.5) is 0 Å². The molecule has 1 aliphatic heterocycles. The lowest BCUT2D eigenvalue weighted by atomic mass is 9.51. The van der Waals surface area contributed by atoms with Crippen LogP contribution in [0.1, 0.15) is 38.5 Å². The standard InChI is InChI=1S/C15H19N3O/c16-7-12-6-13(18-17-12)15(19)14-10-2-8-1-9(4-10)5-11(14)3-8/h8-12,14,17H,1-6H2. The van der Waals surface area contributed by atoms with Gasteiger partial charge in [0.05, 0.1) is 6.07 Å². The Labute approximate surface area is 113 Å².